The van der Waals surface area contributed by atoms with Gasteiger partial charge in [-0.1, -0.05) is 37.1 Å². The first-order valence-electron chi connectivity index (χ1n) is 9.30. The number of unbranched alkanes of at least 4 members (excludes halogenated alkanes) is 3. The van der Waals surface area contributed by atoms with Crippen molar-refractivity contribution in [3.8, 4) is 11.5 Å². The summed E-state index contributed by atoms with van der Waals surface area (Å²) in [5.74, 6) is 1.71. The number of benzene rings is 1. The minimum atomic E-state index is 0.243. The minimum Gasteiger partial charge on any atom is -0.439 e. The molecule has 0 N–H and O–H groups in total. The van der Waals surface area contributed by atoms with E-state index in [2.05, 4.69) is 9.97 Å². The summed E-state index contributed by atoms with van der Waals surface area (Å²) >= 11 is 1.63. The van der Waals surface area contributed by atoms with Gasteiger partial charge in [0.15, 0.2) is 17.4 Å². The summed E-state index contributed by atoms with van der Waals surface area (Å²) < 4.78 is 5.77. The van der Waals surface area contributed by atoms with E-state index in [1.54, 1.807) is 24.2 Å². The quantitative estimate of drug-likeness (QED) is 0.251. The number of hydrogen-bond donors (Lipinski definition) is 0. The third-order valence-corrected chi connectivity index (χ3v) is 5.22. The molecule has 140 valence electrons. The average Bonchev–Trinajstić information content (AvgIpc) is 3.20. The summed E-state index contributed by atoms with van der Waals surface area (Å²) in [5, 5.41) is 0. The SMILES string of the molecule is CSc1ccccc1C(=O)CCCCCCc1ncc(-c2ccccn2)o1. The van der Waals surface area contributed by atoms with Crippen molar-refractivity contribution in [2.45, 2.75) is 43.4 Å². The molecule has 2 heterocycles. The van der Waals surface area contributed by atoms with Crippen LogP contribution < -0.4 is 0 Å². The molecule has 0 unspecified atom stereocenters. The van der Waals surface area contributed by atoms with Crippen LogP contribution in [0.15, 0.2) is 64.2 Å². The topological polar surface area (TPSA) is 56.0 Å². The molecule has 0 aliphatic heterocycles. The number of Topliss-reactive ketones (excluding diaryl/α,β-unsaturated/α-hetero) is 1. The Balaban J connectivity index is 1.36. The van der Waals surface area contributed by atoms with Crippen molar-refractivity contribution < 1.29 is 9.21 Å². The highest BCUT2D eigenvalue weighted by molar-refractivity contribution is 7.98. The van der Waals surface area contributed by atoms with E-state index in [1.807, 2.05) is 48.7 Å². The number of aromatic nitrogens is 2. The molecule has 4 nitrogen and oxygen atoms in total. The molecule has 0 fully saturated rings. The molecule has 1 aromatic carbocycles. The molecular weight excluding hydrogens is 356 g/mol. The van der Waals surface area contributed by atoms with Gasteiger partial charge in [-0.05, 0) is 37.3 Å². The van der Waals surface area contributed by atoms with Crippen LogP contribution in [-0.4, -0.2) is 22.0 Å². The van der Waals surface area contributed by atoms with Gasteiger partial charge in [-0.2, -0.15) is 0 Å². The maximum Gasteiger partial charge on any atom is 0.194 e. The first-order chi connectivity index (χ1) is 13.3. The fourth-order valence-corrected chi connectivity index (χ4v) is 3.59. The Kier molecular flexibility index (Phi) is 7.22. The Bertz CT molecular complexity index is 862. The van der Waals surface area contributed by atoms with Gasteiger partial charge >= 0.3 is 0 Å². The van der Waals surface area contributed by atoms with Crippen molar-refractivity contribution in [2.24, 2.45) is 0 Å². The van der Waals surface area contributed by atoms with Crippen LogP contribution in [0.5, 0.6) is 0 Å². The zero-order valence-electron chi connectivity index (χ0n) is 15.6. The maximum atomic E-state index is 12.4. The predicted octanol–water partition coefficient (Wildman–Crippen LogP) is 5.83. The second-order valence-corrected chi connectivity index (χ2v) is 7.22. The van der Waals surface area contributed by atoms with Crippen LogP contribution in [0.4, 0.5) is 0 Å². The van der Waals surface area contributed by atoms with Crippen LogP contribution in [0.3, 0.4) is 0 Å². The number of oxazole rings is 1. The second kappa shape index (κ2) is 10.1. The number of aryl methyl sites for hydroxylation is 1. The second-order valence-electron chi connectivity index (χ2n) is 6.37. The highest BCUT2D eigenvalue weighted by atomic mass is 32.2. The lowest BCUT2D eigenvalue weighted by molar-refractivity contribution is 0.0976. The van der Waals surface area contributed by atoms with Crippen molar-refractivity contribution in [1.29, 1.82) is 0 Å². The molecule has 27 heavy (non-hydrogen) atoms. The van der Waals surface area contributed by atoms with Crippen LogP contribution in [0, 0.1) is 0 Å². The molecule has 0 saturated carbocycles. The van der Waals surface area contributed by atoms with Crippen LogP contribution >= 0.6 is 11.8 Å². The molecule has 0 spiro atoms. The Morgan fingerprint density at radius 2 is 1.81 bits per heavy atom. The molecule has 3 rings (SSSR count). The molecule has 0 saturated heterocycles. The smallest absolute Gasteiger partial charge is 0.194 e. The summed E-state index contributed by atoms with van der Waals surface area (Å²) in [5.41, 5.74) is 1.66. The minimum absolute atomic E-state index is 0.243. The predicted molar refractivity (Wildman–Crippen MR) is 109 cm³/mol. The van der Waals surface area contributed by atoms with E-state index in [9.17, 15) is 4.79 Å². The monoisotopic (exact) mass is 380 g/mol. The van der Waals surface area contributed by atoms with Crippen molar-refractivity contribution in [2.75, 3.05) is 6.26 Å². The fraction of sp³-hybridized carbons (Fsp3) is 0.318. The number of ketones is 1. The lowest BCUT2D eigenvalue weighted by Crippen LogP contribution is -2.00. The van der Waals surface area contributed by atoms with E-state index >= 15 is 0 Å². The number of hydrogen-bond acceptors (Lipinski definition) is 5. The summed E-state index contributed by atoms with van der Waals surface area (Å²) in [7, 11) is 0. The van der Waals surface area contributed by atoms with Crippen molar-refractivity contribution in [1.82, 2.24) is 9.97 Å². The van der Waals surface area contributed by atoms with Gasteiger partial charge < -0.3 is 4.42 Å². The molecule has 0 aliphatic rings. The van der Waals surface area contributed by atoms with E-state index in [0.29, 0.717) is 12.2 Å². The Hall–Kier alpha value is -2.40. The Labute approximate surface area is 164 Å². The van der Waals surface area contributed by atoms with Gasteiger partial charge in [0, 0.05) is 29.5 Å². The third kappa shape index (κ3) is 5.54. The normalized spacial score (nSPS) is 10.9. The summed E-state index contributed by atoms with van der Waals surface area (Å²) in [6.07, 6.45) is 11.0. The van der Waals surface area contributed by atoms with Crippen LogP contribution in [-0.2, 0) is 6.42 Å². The molecule has 0 radical (unpaired) electrons. The fourth-order valence-electron chi connectivity index (χ4n) is 2.98. The molecule has 2 aromatic heterocycles. The van der Waals surface area contributed by atoms with Gasteiger partial charge in [-0.25, -0.2) is 4.98 Å². The number of rotatable bonds is 10. The summed E-state index contributed by atoms with van der Waals surface area (Å²) in [6, 6.07) is 13.6. The van der Waals surface area contributed by atoms with Gasteiger partial charge in [0.25, 0.3) is 0 Å². The third-order valence-electron chi connectivity index (χ3n) is 4.42. The van der Waals surface area contributed by atoms with Crippen molar-refractivity contribution in [3.05, 3.63) is 66.3 Å². The van der Waals surface area contributed by atoms with Gasteiger partial charge in [0.1, 0.15) is 5.69 Å². The van der Waals surface area contributed by atoms with Crippen molar-refractivity contribution >= 4 is 17.5 Å². The zero-order valence-corrected chi connectivity index (χ0v) is 16.4. The lowest BCUT2D eigenvalue weighted by Gasteiger charge is -2.06. The van der Waals surface area contributed by atoms with E-state index in [-0.39, 0.29) is 5.78 Å². The number of carbonyl (C=O) groups is 1. The molecule has 0 amide bonds. The van der Waals surface area contributed by atoms with Gasteiger partial charge in [-0.15, -0.1) is 11.8 Å². The average molecular weight is 381 g/mol. The molecular formula is C22H24N2O2S. The highest BCUT2D eigenvalue weighted by Crippen LogP contribution is 2.22. The Morgan fingerprint density at radius 1 is 1.00 bits per heavy atom. The summed E-state index contributed by atoms with van der Waals surface area (Å²) in [4.78, 5) is 22.0. The van der Waals surface area contributed by atoms with E-state index < -0.39 is 0 Å². The van der Waals surface area contributed by atoms with E-state index in [0.717, 1.165) is 54.1 Å². The Morgan fingerprint density at radius 3 is 2.63 bits per heavy atom. The van der Waals surface area contributed by atoms with Gasteiger partial charge in [0.2, 0.25) is 0 Å². The van der Waals surface area contributed by atoms with Crippen LogP contribution in [0.1, 0.15) is 48.4 Å². The van der Waals surface area contributed by atoms with Crippen LogP contribution in [0.2, 0.25) is 0 Å². The number of nitrogens with zero attached hydrogens (tertiary/aromatic N) is 2. The van der Waals surface area contributed by atoms with Gasteiger partial charge in [-0.3, -0.25) is 9.78 Å². The molecule has 0 aliphatic carbocycles. The molecule has 0 atom stereocenters. The van der Waals surface area contributed by atoms with Crippen LogP contribution in [0.25, 0.3) is 11.5 Å². The molecule has 3 aromatic rings. The van der Waals surface area contributed by atoms with Crippen molar-refractivity contribution in [3.63, 3.8) is 0 Å². The highest BCUT2D eigenvalue weighted by Gasteiger charge is 2.10. The largest absolute Gasteiger partial charge is 0.439 e. The molecule has 5 heteroatoms. The number of carbonyl (C=O) groups excluding carboxylic acids is 1. The first-order valence-corrected chi connectivity index (χ1v) is 10.5. The molecule has 0 bridgehead atoms. The standard InChI is InChI=1S/C22H24N2O2S/c1-27-21-13-7-6-10-17(21)19(25)12-4-2-3-5-14-22-24-16-20(26-22)18-11-8-9-15-23-18/h6-11,13,15-16H,2-5,12,14H2,1H3. The maximum absolute atomic E-state index is 12.4. The number of pyridine rings is 1. The van der Waals surface area contributed by atoms with Gasteiger partial charge in [0.05, 0.1) is 6.20 Å². The number of thioether (sulfide) groups is 1. The van der Waals surface area contributed by atoms with E-state index in [1.165, 1.54) is 0 Å². The first kappa shape index (κ1) is 19.4. The lowest BCUT2D eigenvalue weighted by atomic mass is 10.0. The zero-order chi connectivity index (χ0) is 18.9. The van der Waals surface area contributed by atoms with E-state index in [4.69, 9.17) is 4.42 Å². The summed E-state index contributed by atoms with van der Waals surface area (Å²) in [6.45, 7) is 0.